The minimum atomic E-state index is -0.0846. The van der Waals surface area contributed by atoms with Gasteiger partial charge < -0.3 is 10.6 Å². The zero-order valence-electron chi connectivity index (χ0n) is 10.2. The van der Waals surface area contributed by atoms with E-state index in [1.54, 1.807) is 4.68 Å². The van der Waals surface area contributed by atoms with Gasteiger partial charge in [-0.05, 0) is 6.42 Å². The van der Waals surface area contributed by atoms with Crippen LogP contribution in [0.3, 0.4) is 0 Å². The zero-order chi connectivity index (χ0) is 12.3. The van der Waals surface area contributed by atoms with Crippen molar-refractivity contribution in [3.8, 4) is 0 Å². The molecule has 0 aliphatic carbocycles. The normalized spacial score (nSPS) is 20.2. The van der Waals surface area contributed by atoms with Gasteiger partial charge in [0.1, 0.15) is 0 Å². The lowest BCUT2D eigenvalue weighted by Gasteiger charge is -2.22. The predicted molar refractivity (Wildman–Crippen MR) is 70.3 cm³/mol. The molecule has 0 spiro atoms. The van der Waals surface area contributed by atoms with Crippen LogP contribution < -0.4 is 10.6 Å². The number of aromatic nitrogens is 2. The summed E-state index contributed by atoms with van der Waals surface area (Å²) in [6.07, 6.45) is 2.68. The molecule has 1 unspecified atom stereocenters. The fraction of sp³-hybridized carbons (Fsp3) is 0.636. The van der Waals surface area contributed by atoms with Crippen LogP contribution in [0, 0.1) is 0 Å². The van der Waals surface area contributed by atoms with Crippen molar-refractivity contribution in [3.05, 3.63) is 11.9 Å². The van der Waals surface area contributed by atoms with Crippen LogP contribution in [0.25, 0.3) is 0 Å². The topological polar surface area (TPSA) is 59.0 Å². The van der Waals surface area contributed by atoms with E-state index in [9.17, 15) is 4.79 Å². The van der Waals surface area contributed by atoms with Crippen molar-refractivity contribution in [2.24, 2.45) is 7.05 Å². The van der Waals surface area contributed by atoms with Crippen LogP contribution in [0.4, 0.5) is 5.69 Å². The maximum absolute atomic E-state index is 12.0. The van der Waals surface area contributed by atoms with Gasteiger partial charge in [-0.2, -0.15) is 16.9 Å². The van der Waals surface area contributed by atoms with Crippen molar-refractivity contribution < 1.29 is 4.79 Å². The second-order valence-corrected chi connectivity index (χ2v) is 5.24. The molecule has 0 bridgehead atoms. The van der Waals surface area contributed by atoms with Gasteiger partial charge >= 0.3 is 0 Å². The summed E-state index contributed by atoms with van der Waals surface area (Å²) >= 11 is 1.81. The van der Waals surface area contributed by atoms with Crippen molar-refractivity contribution in [1.82, 2.24) is 15.1 Å². The quantitative estimate of drug-likeness (QED) is 0.830. The summed E-state index contributed by atoms with van der Waals surface area (Å²) in [5, 5.41) is 10.5. The number of hydrogen-bond donors (Lipinski definition) is 2. The monoisotopic (exact) mass is 254 g/mol. The minimum absolute atomic E-state index is 0.0416. The van der Waals surface area contributed by atoms with Gasteiger partial charge in [-0.15, -0.1) is 0 Å². The van der Waals surface area contributed by atoms with Gasteiger partial charge in [-0.3, -0.25) is 9.48 Å². The number of anilines is 1. The van der Waals surface area contributed by atoms with E-state index in [-0.39, 0.29) is 11.9 Å². The first-order chi connectivity index (χ1) is 8.20. The molecule has 5 nitrogen and oxygen atoms in total. The molecule has 17 heavy (non-hydrogen) atoms. The van der Waals surface area contributed by atoms with Gasteiger partial charge in [-0.25, -0.2) is 0 Å². The molecule has 1 atom stereocenters. The molecule has 1 aliphatic rings. The highest BCUT2D eigenvalue weighted by Crippen LogP contribution is 2.15. The molecule has 2 heterocycles. The fourth-order valence-electron chi connectivity index (χ4n) is 1.85. The lowest BCUT2D eigenvalue weighted by molar-refractivity contribution is -0.117. The van der Waals surface area contributed by atoms with Crippen LogP contribution >= 0.6 is 11.8 Å². The molecular formula is C11H18N4OS. The van der Waals surface area contributed by atoms with E-state index in [0.29, 0.717) is 0 Å². The van der Waals surface area contributed by atoms with E-state index in [0.717, 1.165) is 35.9 Å². The van der Waals surface area contributed by atoms with E-state index < -0.39 is 0 Å². The molecule has 1 fully saturated rings. The Morgan fingerprint density at radius 3 is 3.24 bits per heavy atom. The zero-order valence-corrected chi connectivity index (χ0v) is 11.0. The van der Waals surface area contributed by atoms with Gasteiger partial charge in [0, 0.05) is 31.3 Å². The average Bonchev–Trinajstić information content (AvgIpc) is 2.70. The Morgan fingerprint density at radius 2 is 2.59 bits per heavy atom. The van der Waals surface area contributed by atoms with Crippen LogP contribution in [0.5, 0.6) is 0 Å². The first-order valence-corrected chi connectivity index (χ1v) is 7.00. The molecule has 0 saturated carbocycles. The van der Waals surface area contributed by atoms with Gasteiger partial charge in [0.2, 0.25) is 5.91 Å². The van der Waals surface area contributed by atoms with E-state index in [1.807, 2.05) is 31.9 Å². The molecule has 1 aromatic heterocycles. The summed E-state index contributed by atoms with van der Waals surface area (Å²) < 4.78 is 1.73. The van der Waals surface area contributed by atoms with Crippen LogP contribution in [0.1, 0.15) is 12.6 Å². The maximum Gasteiger partial charge on any atom is 0.242 e. The lowest BCUT2D eigenvalue weighted by atomic mass is 10.2. The van der Waals surface area contributed by atoms with Gasteiger partial charge in [0.05, 0.1) is 17.4 Å². The van der Waals surface area contributed by atoms with Crippen LogP contribution in [-0.4, -0.2) is 39.8 Å². The predicted octanol–water partition coefficient (Wildman–Crippen LogP) is 0.626. The number of amides is 1. The molecule has 1 saturated heterocycles. The number of aryl methyl sites for hydroxylation is 2. The Balaban J connectivity index is 2.01. The number of thioether (sulfide) groups is 1. The Kier molecular flexibility index (Phi) is 4.06. The molecule has 1 aromatic rings. The highest BCUT2D eigenvalue weighted by molar-refractivity contribution is 7.99. The standard InChI is InChI=1S/C11H18N4OS/c1-3-8-9(6-15(2)14-8)13-11(16)10-7-17-5-4-12-10/h6,10,12H,3-5,7H2,1-2H3,(H,13,16). The van der Waals surface area contributed by atoms with Gasteiger partial charge in [-0.1, -0.05) is 6.92 Å². The fourth-order valence-corrected chi connectivity index (χ4v) is 2.79. The average molecular weight is 254 g/mol. The summed E-state index contributed by atoms with van der Waals surface area (Å²) in [5.74, 6) is 1.96. The third kappa shape index (κ3) is 3.01. The molecule has 2 N–H and O–H groups in total. The molecule has 0 radical (unpaired) electrons. The molecule has 0 aromatic carbocycles. The third-order valence-electron chi connectivity index (χ3n) is 2.74. The van der Waals surface area contributed by atoms with E-state index in [2.05, 4.69) is 15.7 Å². The second kappa shape index (κ2) is 5.55. The third-order valence-corrected chi connectivity index (χ3v) is 3.80. The van der Waals surface area contributed by atoms with E-state index >= 15 is 0 Å². The molecular weight excluding hydrogens is 236 g/mol. The maximum atomic E-state index is 12.0. The Labute approximate surface area is 105 Å². The van der Waals surface area contributed by atoms with Crippen LogP contribution in [0.2, 0.25) is 0 Å². The number of carbonyl (C=O) groups excluding carboxylic acids is 1. The van der Waals surface area contributed by atoms with Crippen molar-refractivity contribution >= 4 is 23.4 Å². The number of rotatable bonds is 3. The van der Waals surface area contributed by atoms with Gasteiger partial charge in [0.15, 0.2) is 0 Å². The van der Waals surface area contributed by atoms with E-state index in [4.69, 9.17) is 0 Å². The van der Waals surface area contributed by atoms with Crippen LogP contribution in [-0.2, 0) is 18.3 Å². The summed E-state index contributed by atoms with van der Waals surface area (Å²) in [7, 11) is 1.86. The molecule has 1 aliphatic heterocycles. The number of nitrogens with one attached hydrogen (secondary N) is 2. The van der Waals surface area contributed by atoms with Gasteiger partial charge in [0.25, 0.3) is 0 Å². The number of carbonyl (C=O) groups is 1. The first kappa shape index (κ1) is 12.4. The molecule has 6 heteroatoms. The lowest BCUT2D eigenvalue weighted by Crippen LogP contribution is -2.46. The van der Waals surface area contributed by atoms with Crippen molar-refractivity contribution in [3.63, 3.8) is 0 Å². The van der Waals surface area contributed by atoms with Crippen molar-refractivity contribution in [1.29, 1.82) is 0 Å². The second-order valence-electron chi connectivity index (χ2n) is 4.09. The SMILES string of the molecule is CCc1nn(C)cc1NC(=O)C1CSCCN1. The minimum Gasteiger partial charge on any atom is -0.322 e. The summed E-state index contributed by atoms with van der Waals surface area (Å²) in [4.78, 5) is 12.0. The van der Waals surface area contributed by atoms with Crippen molar-refractivity contribution in [2.75, 3.05) is 23.4 Å². The number of hydrogen-bond acceptors (Lipinski definition) is 4. The highest BCUT2D eigenvalue weighted by atomic mass is 32.2. The Bertz CT molecular complexity index is 398. The largest absolute Gasteiger partial charge is 0.322 e. The first-order valence-electron chi connectivity index (χ1n) is 5.85. The van der Waals surface area contributed by atoms with E-state index in [1.165, 1.54) is 0 Å². The van der Waals surface area contributed by atoms with Crippen molar-refractivity contribution in [2.45, 2.75) is 19.4 Å². The summed E-state index contributed by atoms with van der Waals surface area (Å²) in [5.41, 5.74) is 1.77. The molecule has 2 rings (SSSR count). The highest BCUT2D eigenvalue weighted by Gasteiger charge is 2.22. The Morgan fingerprint density at radius 1 is 1.76 bits per heavy atom. The molecule has 94 valence electrons. The van der Waals surface area contributed by atoms with Crippen LogP contribution in [0.15, 0.2) is 6.20 Å². The Hall–Kier alpha value is -1.01. The molecule has 1 amide bonds. The number of nitrogens with zero attached hydrogens (tertiary/aromatic N) is 2. The smallest absolute Gasteiger partial charge is 0.242 e. The summed E-state index contributed by atoms with van der Waals surface area (Å²) in [6.45, 7) is 2.93. The summed E-state index contributed by atoms with van der Waals surface area (Å²) in [6, 6.07) is -0.0846.